The minimum absolute atomic E-state index is 0.0598. The third kappa shape index (κ3) is 19.3. The van der Waals surface area contributed by atoms with Gasteiger partial charge in [0.25, 0.3) is 0 Å². The highest BCUT2D eigenvalue weighted by Gasteiger charge is 2.34. The number of aldehydes is 1. The molecular formula is C29H45NO5. The average Bonchev–Trinajstić information content (AvgIpc) is 2.84. The van der Waals surface area contributed by atoms with Crippen LogP contribution in [0.1, 0.15) is 78.6 Å². The Morgan fingerprint density at radius 1 is 0.857 bits per heavy atom. The van der Waals surface area contributed by atoms with Gasteiger partial charge in [-0.15, -0.1) is 0 Å². The SMILES string of the molecule is CC/C=C\C/C=C\C/C=C\C/C=C\C/C=C\CCCC(=O)OCC(C)(C)C(O)C(=O)NCCC=O. The van der Waals surface area contributed by atoms with E-state index in [4.69, 9.17) is 4.74 Å². The highest BCUT2D eigenvalue weighted by molar-refractivity contribution is 5.81. The van der Waals surface area contributed by atoms with Gasteiger partial charge in [-0.2, -0.15) is 0 Å². The smallest absolute Gasteiger partial charge is 0.305 e. The molecule has 0 aromatic heterocycles. The summed E-state index contributed by atoms with van der Waals surface area (Å²) in [6.07, 6.45) is 27.6. The first-order chi connectivity index (χ1) is 16.8. The summed E-state index contributed by atoms with van der Waals surface area (Å²) in [5.41, 5.74) is -0.926. The quantitative estimate of drug-likeness (QED) is 0.102. The van der Waals surface area contributed by atoms with Crippen LogP contribution in [0, 0.1) is 5.41 Å². The Labute approximate surface area is 211 Å². The molecule has 0 aliphatic heterocycles. The lowest BCUT2D eigenvalue weighted by Crippen LogP contribution is -2.46. The molecule has 0 fully saturated rings. The van der Waals surface area contributed by atoms with E-state index in [0.717, 1.165) is 38.5 Å². The molecular weight excluding hydrogens is 442 g/mol. The van der Waals surface area contributed by atoms with Crippen LogP contribution in [0.15, 0.2) is 60.8 Å². The minimum atomic E-state index is -1.33. The van der Waals surface area contributed by atoms with E-state index in [-0.39, 0.29) is 32.0 Å². The van der Waals surface area contributed by atoms with Gasteiger partial charge in [-0.1, -0.05) is 81.5 Å². The van der Waals surface area contributed by atoms with Crippen LogP contribution in [0.5, 0.6) is 0 Å². The zero-order valence-electron chi connectivity index (χ0n) is 21.8. The first kappa shape index (κ1) is 32.3. The number of amides is 1. The second-order valence-corrected chi connectivity index (χ2v) is 8.90. The summed E-state index contributed by atoms with van der Waals surface area (Å²) in [7, 11) is 0. The number of carbonyl (C=O) groups is 3. The number of allylic oxidation sites excluding steroid dienone is 10. The number of carbonyl (C=O) groups excluding carboxylic acids is 3. The average molecular weight is 488 g/mol. The van der Waals surface area contributed by atoms with Gasteiger partial charge in [0, 0.05) is 24.8 Å². The number of nitrogens with one attached hydrogen (secondary N) is 1. The summed E-state index contributed by atoms with van der Waals surface area (Å²) in [4.78, 5) is 34.2. The fourth-order valence-corrected chi connectivity index (χ4v) is 2.86. The number of ether oxygens (including phenoxy) is 1. The van der Waals surface area contributed by atoms with Crippen molar-refractivity contribution < 1.29 is 24.2 Å². The molecule has 35 heavy (non-hydrogen) atoms. The van der Waals surface area contributed by atoms with Crippen LogP contribution in [0.4, 0.5) is 0 Å². The van der Waals surface area contributed by atoms with Crippen molar-refractivity contribution in [3.05, 3.63) is 60.8 Å². The van der Waals surface area contributed by atoms with Gasteiger partial charge in [-0.05, 0) is 44.9 Å². The normalized spacial score (nSPS) is 13.5. The highest BCUT2D eigenvalue weighted by Crippen LogP contribution is 2.22. The van der Waals surface area contributed by atoms with Crippen molar-refractivity contribution in [2.45, 2.75) is 84.7 Å². The first-order valence-corrected chi connectivity index (χ1v) is 12.6. The van der Waals surface area contributed by atoms with Gasteiger partial charge in [0.15, 0.2) is 0 Å². The van der Waals surface area contributed by atoms with Crippen molar-refractivity contribution in [2.24, 2.45) is 5.41 Å². The Balaban J connectivity index is 3.89. The molecule has 0 aliphatic carbocycles. The molecule has 0 saturated heterocycles. The lowest BCUT2D eigenvalue weighted by Gasteiger charge is -2.28. The van der Waals surface area contributed by atoms with Crippen LogP contribution in [0.2, 0.25) is 0 Å². The molecule has 0 aromatic carbocycles. The Morgan fingerprint density at radius 2 is 1.37 bits per heavy atom. The predicted molar refractivity (Wildman–Crippen MR) is 143 cm³/mol. The summed E-state index contributed by atoms with van der Waals surface area (Å²) >= 11 is 0. The highest BCUT2D eigenvalue weighted by atomic mass is 16.5. The van der Waals surface area contributed by atoms with Crippen molar-refractivity contribution in [3.63, 3.8) is 0 Å². The summed E-state index contributed by atoms with van der Waals surface area (Å²) < 4.78 is 5.25. The maximum absolute atomic E-state index is 12.0. The minimum Gasteiger partial charge on any atom is -0.465 e. The third-order valence-corrected chi connectivity index (χ3v) is 5.06. The molecule has 196 valence electrons. The molecule has 0 heterocycles. The zero-order chi connectivity index (χ0) is 26.2. The van der Waals surface area contributed by atoms with Crippen molar-refractivity contribution in [3.8, 4) is 0 Å². The molecule has 0 rings (SSSR count). The van der Waals surface area contributed by atoms with E-state index in [1.165, 1.54) is 0 Å². The third-order valence-electron chi connectivity index (χ3n) is 5.06. The Hall–Kier alpha value is -2.73. The number of rotatable bonds is 20. The maximum Gasteiger partial charge on any atom is 0.305 e. The fourth-order valence-electron chi connectivity index (χ4n) is 2.86. The monoisotopic (exact) mass is 487 g/mol. The largest absolute Gasteiger partial charge is 0.465 e. The summed E-state index contributed by atoms with van der Waals surface area (Å²) in [5.74, 6) is -0.926. The second-order valence-electron chi connectivity index (χ2n) is 8.90. The Bertz CT molecular complexity index is 731. The Morgan fingerprint density at radius 3 is 1.89 bits per heavy atom. The lowest BCUT2D eigenvalue weighted by molar-refractivity contribution is -0.153. The molecule has 0 aromatic rings. The molecule has 6 nitrogen and oxygen atoms in total. The molecule has 1 amide bonds. The van der Waals surface area contributed by atoms with Gasteiger partial charge in [0.1, 0.15) is 12.4 Å². The number of aliphatic hydroxyl groups is 1. The van der Waals surface area contributed by atoms with Gasteiger partial charge >= 0.3 is 5.97 Å². The number of aliphatic hydroxyl groups excluding tert-OH is 1. The molecule has 0 aliphatic rings. The van der Waals surface area contributed by atoms with Crippen molar-refractivity contribution in [2.75, 3.05) is 13.2 Å². The van der Waals surface area contributed by atoms with E-state index >= 15 is 0 Å². The van der Waals surface area contributed by atoms with E-state index in [0.29, 0.717) is 12.7 Å². The number of hydrogen-bond donors (Lipinski definition) is 2. The zero-order valence-corrected chi connectivity index (χ0v) is 21.8. The number of hydrogen-bond acceptors (Lipinski definition) is 5. The van der Waals surface area contributed by atoms with Crippen LogP contribution < -0.4 is 5.32 Å². The molecule has 2 N–H and O–H groups in total. The van der Waals surface area contributed by atoms with E-state index in [1.54, 1.807) is 13.8 Å². The molecule has 0 saturated carbocycles. The van der Waals surface area contributed by atoms with Crippen molar-refractivity contribution in [1.82, 2.24) is 5.32 Å². The van der Waals surface area contributed by atoms with Crippen molar-refractivity contribution in [1.29, 1.82) is 0 Å². The summed E-state index contributed by atoms with van der Waals surface area (Å²) in [6, 6.07) is 0. The van der Waals surface area contributed by atoms with E-state index in [9.17, 15) is 19.5 Å². The van der Waals surface area contributed by atoms with Crippen LogP contribution >= 0.6 is 0 Å². The van der Waals surface area contributed by atoms with Gasteiger partial charge in [0.05, 0.1) is 6.61 Å². The van der Waals surface area contributed by atoms with Crippen LogP contribution in [-0.2, 0) is 19.1 Å². The topological polar surface area (TPSA) is 92.7 Å². The molecule has 1 unspecified atom stereocenters. The molecule has 6 heteroatoms. The van der Waals surface area contributed by atoms with E-state index < -0.39 is 17.4 Å². The van der Waals surface area contributed by atoms with E-state index in [2.05, 4.69) is 73.0 Å². The summed E-state index contributed by atoms with van der Waals surface area (Å²) in [5, 5.41) is 12.7. The van der Waals surface area contributed by atoms with Crippen LogP contribution in [0.25, 0.3) is 0 Å². The molecule has 0 radical (unpaired) electrons. The molecule has 1 atom stereocenters. The van der Waals surface area contributed by atoms with Gasteiger partial charge in [-0.25, -0.2) is 0 Å². The Kier molecular flexibility index (Phi) is 20.1. The molecule has 0 spiro atoms. The standard InChI is InChI=1S/C29H45NO5/c1-4-5-6-7-8-9-10-11-12-13-14-15-16-17-18-19-20-22-26(32)35-25-29(2,3)27(33)28(34)30-23-21-24-31/h5-6,8-9,11-12,14-15,17-18,24,27,33H,4,7,10,13,16,19-23,25H2,1-3H3,(H,30,34)/b6-5-,9-8-,12-11-,15-14-,18-17-. The van der Waals surface area contributed by atoms with Crippen LogP contribution in [0.3, 0.4) is 0 Å². The van der Waals surface area contributed by atoms with Crippen LogP contribution in [-0.4, -0.2) is 42.5 Å². The first-order valence-electron chi connectivity index (χ1n) is 12.6. The predicted octanol–water partition coefficient (Wildman–Crippen LogP) is 5.54. The maximum atomic E-state index is 12.0. The fraction of sp³-hybridized carbons (Fsp3) is 0.552. The van der Waals surface area contributed by atoms with E-state index in [1.807, 2.05) is 0 Å². The lowest BCUT2D eigenvalue weighted by atomic mass is 9.87. The van der Waals surface area contributed by atoms with Gasteiger partial charge in [-0.3, -0.25) is 9.59 Å². The number of unbranched alkanes of at least 4 members (excludes halogenated alkanes) is 1. The number of esters is 1. The second kappa shape index (κ2) is 21.8. The molecule has 0 bridgehead atoms. The summed E-state index contributed by atoms with van der Waals surface area (Å²) in [6.45, 7) is 5.55. The van der Waals surface area contributed by atoms with Crippen molar-refractivity contribution >= 4 is 18.2 Å². The van der Waals surface area contributed by atoms with Gasteiger partial charge in [0.2, 0.25) is 5.91 Å². The van der Waals surface area contributed by atoms with Gasteiger partial charge < -0.3 is 20.0 Å².